The molecule has 1 aromatic rings. The van der Waals surface area contributed by atoms with Gasteiger partial charge in [0.05, 0.1) is 11.2 Å². The fourth-order valence-electron chi connectivity index (χ4n) is 2.50. The number of hydrogen-bond acceptors (Lipinski definition) is 4. The van der Waals surface area contributed by atoms with Gasteiger partial charge in [0, 0.05) is 11.9 Å². The molecular weight excluding hydrogens is 341 g/mol. The van der Waals surface area contributed by atoms with Gasteiger partial charge in [-0.1, -0.05) is 24.3 Å². The molecule has 5 nitrogen and oxygen atoms in total. The quantitative estimate of drug-likeness (QED) is 0.821. The van der Waals surface area contributed by atoms with Crippen molar-refractivity contribution in [1.82, 2.24) is 4.57 Å². The zero-order chi connectivity index (χ0) is 20.5. The molecular formula is C21H31BNO4. The van der Waals surface area contributed by atoms with Gasteiger partial charge in [-0.25, -0.2) is 4.79 Å². The molecule has 0 saturated heterocycles. The van der Waals surface area contributed by atoms with Crippen LogP contribution in [0.1, 0.15) is 66.1 Å². The molecule has 0 amide bonds. The number of carbonyl (C=O) groups is 1. The van der Waals surface area contributed by atoms with Crippen LogP contribution in [0.2, 0.25) is 0 Å². The van der Waals surface area contributed by atoms with E-state index in [0.717, 1.165) is 29.6 Å². The van der Waals surface area contributed by atoms with Crippen LogP contribution in [0, 0.1) is 0 Å². The summed E-state index contributed by atoms with van der Waals surface area (Å²) in [5.41, 5.74) is 0.204. The maximum atomic E-state index is 12.7. The number of hydrogen-bond donors (Lipinski definition) is 1. The second kappa shape index (κ2) is 7.68. The molecule has 1 aliphatic rings. The third-order valence-electron chi connectivity index (χ3n) is 4.78. The largest absolute Gasteiger partial charge is 0.443 e. The number of carbonyl (C=O) groups excluding carboxylic acids is 1. The first-order chi connectivity index (χ1) is 12.3. The molecule has 27 heavy (non-hydrogen) atoms. The third kappa shape index (κ3) is 5.36. The monoisotopic (exact) mass is 372 g/mol. The molecule has 147 valence electrons. The van der Waals surface area contributed by atoms with Crippen molar-refractivity contribution in [2.24, 2.45) is 0 Å². The summed E-state index contributed by atoms with van der Waals surface area (Å²) >= 11 is 0. The topological polar surface area (TPSA) is 60.7 Å². The van der Waals surface area contributed by atoms with E-state index in [4.69, 9.17) is 9.39 Å². The number of aliphatic hydroxyl groups is 1. The summed E-state index contributed by atoms with van der Waals surface area (Å²) in [6.07, 6.45) is 10.9. The Balaban J connectivity index is 2.38. The van der Waals surface area contributed by atoms with Gasteiger partial charge in [0.1, 0.15) is 5.60 Å². The Morgan fingerprint density at radius 1 is 1.15 bits per heavy atom. The SMILES string of the molecule is CC(C)(C)OC(=O)n1cc([B]OC(C)(C)C(C)(C)O)c2c1CCC=CC=C2. The van der Waals surface area contributed by atoms with Gasteiger partial charge in [-0.3, -0.25) is 4.57 Å². The molecule has 1 heterocycles. The Morgan fingerprint density at radius 3 is 2.41 bits per heavy atom. The van der Waals surface area contributed by atoms with Gasteiger partial charge >= 0.3 is 13.6 Å². The molecule has 1 N–H and O–H groups in total. The maximum Gasteiger partial charge on any atom is 0.418 e. The van der Waals surface area contributed by atoms with E-state index in [1.54, 1.807) is 32.1 Å². The molecule has 1 radical (unpaired) electrons. The van der Waals surface area contributed by atoms with E-state index >= 15 is 0 Å². The number of fused-ring (bicyclic) bond motifs is 1. The zero-order valence-corrected chi connectivity index (χ0v) is 17.5. The highest BCUT2D eigenvalue weighted by molar-refractivity contribution is 6.48. The number of allylic oxidation sites excluding steroid dienone is 3. The summed E-state index contributed by atoms with van der Waals surface area (Å²) in [5, 5.41) is 10.3. The van der Waals surface area contributed by atoms with E-state index < -0.39 is 22.9 Å². The van der Waals surface area contributed by atoms with Crippen molar-refractivity contribution in [2.75, 3.05) is 0 Å². The van der Waals surface area contributed by atoms with Crippen LogP contribution >= 0.6 is 0 Å². The molecule has 2 rings (SSSR count). The Bertz CT molecular complexity index is 745. The van der Waals surface area contributed by atoms with Gasteiger partial charge in [-0.15, -0.1) is 0 Å². The molecule has 6 heteroatoms. The molecule has 0 fully saturated rings. The lowest BCUT2D eigenvalue weighted by atomic mass is 9.81. The summed E-state index contributed by atoms with van der Waals surface area (Å²) in [6.45, 7) is 12.6. The Labute approximate surface area is 163 Å². The van der Waals surface area contributed by atoms with E-state index in [9.17, 15) is 9.90 Å². The molecule has 0 bridgehead atoms. The molecule has 0 saturated carbocycles. The summed E-state index contributed by atoms with van der Waals surface area (Å²) < 4.78 is 13.0. The first-order valence-corrected chi connectivity index (χ1v) is 9.36. The van der Waals surface area contributed by atoms with Crippen molar-refractivity contribution in [1.29, 1.82) is 0 Å². The van der Waals surface area contributed by atoms with Crippen molar-refractivity contribution in [3.8, 4) is 0 Å². The fraction of sp³-hybridized carbons (Fsp3) is 0.571. The summed E-state index contributed by atoms with van der Waals surface area (Å²) in [6, 6.07) is 0. The van der Waals surface area contributed by atoms with Crippen molar-refractivity contribution in [3.05, 3.63) is 35.7 Å². The first-order valence-electron chi connectivity index (χ1n) is 9.36. The number of aromatic nitrogens is 1. The van der Waals surface area contributed by atoms with Crippen LogP contribution in [0.3, 0.4) is 0 Å². The highest BCUT2D eigenvalue weighted by atomic mass is 16.6. The van der Waals surface area contributed by atoms with Gasteiger partial charge in [0.15, 0.2) is 0 Å². The Morgan fingerprint density at radius 2 is 1.81 bits per heavy atom. The van der Waals surface area contributed by atoms with Crippen LogP contribution < -0.4 is 5.46 Å². The van der Waals surface area contributed by atoms with Crippen molar-refractivity contribution < 1.29 is 19.3 Å². The molecule has 0 atom stereocenters. The normalized spacial score (nSPS) is 15.1. The van der Waals surface area contributed by atoms with E-state index in [-0.39, 0.29) is 0 Å². The Hall–Kier alpha value is -1.79. The van der Waals surface area contributed by atoms with Crippen LogP contribution in [0.4, 0.5) is 4.79 Å². The minimum absolute atomic E-state index is 0.405. The van der Waals surface area contributed by atoms with Gasteiger partial charge < -0.3 is 14.5 Å². The minimum atomic E-state index is -1.02. The zero-order valence-electron chi connectivity index (χ0n) is 17.5. The highest BCUT2D eigenvalue weighted by Gasteiger charge is 2.36. The predicted octanol–water partition coefficient (Wildman–Crippen LogP) is 3.60. The molecule has 0 aromatic carbocycles. The third-order valence-corrected chi connectivity index (χ3v) is 4.78. The number of nitrogens with zero attached hydrogens (tertiary/aromatic N) is 1. The average molecular weight is 372 g/mol. The lowest BCUT2D eigenvalue weighted by Crippen LogP contribution is -2.49. The van der Waals surface area contributed by atoms with Crippen LogP contribution in [0.15, 0.2) is 24.4 Å². The molecule has 0 spiro atoms. The highest BCUT2D eigenvalue weighted by Crippen LogP contribution is 2.25. The van der Waals surface area contributed by atoms with Crippen LogP contribution in [-0.4, -0.2) is 40.1 Å². The lowest BCUT2D eigenvalue weighted by molar-refractivity contribution is -0.0893. The van der Waals surface area contributed by atoms with Gasteiger partial charge in [-0.05, 0) is 72.3 Å². The van der Waals surface area contributed by atoms with E-state index in [0.29, 0.717) is 0 Å². The van der Waals surface area contributed by atoms with Gasteiger partial charge in [-0.2, -0.15) is 0 Å². The maximum absolute atomic E-state index is 12.7. The second-order valence-electron chi connectivity index (χ2n) is 8.93. The van der Waals surface area contributed by atoms with Crippen LogP contribution in [0.25, 0.3) is 6.08 Å². The first kappa shape index (κ1) is 21.5. The van der Waals surface area contributed by atoms with Gasteiger partial charge in [0.2, 0.25) is 0 Å². The van der Waals surface area contributed by atoms with Gasteiger partial charge in [0.25, 0.3) is 0 Å². The van der Waals surface area contributed by atoms with Crippen molar-refractivity contribution in [3.63, 3.8) is 0 Å². The van der Waals surface area contributed by atoms with Crippen LogP contribution in [-0.2, 0) is 15.8 Å². The number of rotatable bonds is 4. The average Bonchev–Trinajstić information content (AvgIpc) is 2.79. The second-order valence-corrected chi connectivity index (χ2v) is 8.93. The summed E-state index contributed by atoms with van der Waals surface area (Å²) in [4.78, 5) is 12.7. The molecule has 1 aromatic heterocycles. The Kier molecular flexibility index (Phi) is 6.12. The van der Waals surface area contributed by atoms with E-state index in [2.05, 4.69) is 6.08 Å². The lowest BCUT2D eigenvalue weighted by Gasteiger charge is -2.37. The standard InChI is InChI=1S/C21H31BNO4/c1-19(2,3)26-18(24)23-14-16(22-27-21(6,7)20(4,5)25)15-12-10-8-9-11-13-17(15)23/h8-10,12,14,25H,11,13H2,1-7H3. The minimum Gasteiger partial charge on any atom is -0.443 e. The van der Waals surface area contributed by atoms with E-state index in [1.165, 1.54) is 0 Å². The van der Waals surface area contributed by atoms with Crippen molar-refractivity contribution >= 4 is 25.1 Å². The molecule has 0 aliphatic heterocycles. The molecule has 0 unspecified atom stereocenters. The number of ether oxygens (including phenoxy) is 1. The summed E-state index contributed by atoms with van der Waals surface area (Å²) in [7, 11) is 1.62. The van der Waals surface area contributed by atoms with E-state index in [1.807, 2.05) is 52.8 Å². The van der Waals surface area contributed by atoms with Crippen LogP contribution in [0.5, 0.6) is 0 Å². The smallest absolute Gasteiger partial charge is 0.418 e. The summed E-state index contributed by atoms with van der Waals surface area (Å²) in [5.74, 6) is 0. The predicted molar refractivity (Wildman–Crippen MR) is 109 cm³/mol. The fourth-order valence-corrected chi connectivity index (χ4v) is 2.50. The van der Waals surface area contributed by atoms with Crippen molar-refractivity contribution in [2.45, 2.75) is 78.1 Å². The molecule has 1 aliphatic carbocycles.